The molecule has 2 aromatic heterocycles. The summed E-state index contributed by atoms with van der Waals surface area (Å²) in [5.74, 6) is 0. The van der Waals surface area contributed by atoms with Crippen LogP contribution in [0.25, 0.3) is 10.4 Å². The first-order valence-corrected chi connectivity index (χ1v) is 10.5. The standard InChI is InChI=1S/C15H16N4O2S3/c1-3-12-18-19-14(22-12)8-13-17-9(2)15(23-13)10-5-4-6-11(7-10)24(16,20)21/h4-7H,3,8H2,1-2H3,(H2,16,20,21). The van der Waals surface area contributed by atoms with Crippen LogP contribution in [0.3, 0.4) is 0 Å². The first-order valence-electron chi connectivity index (χ1n) is 7.27. The molecule has 0 unspecified atom stereocenters. The van der Waals surface area contributed by atoms with Crippen LogP contribution in [0.5, 0.6) is 0 Å². The largest absolute Gasteiger partial charge is 0.245 e. The molecule has 0 aliphatic carbocycles. The smallest absolute Gasteiger partial charge is 0.238 e. The maximum Gasteiger partial charge on any atom is 0.238 e. The number of thiazole rings is 1. The maximum absolute atomic E-state index is 11.5. The number of aryl methyl sites for hydroxylation is 2. The van der Waals surface area contributed by atoms with Crippen molar-refractivity contribution in [1.82, 2.24) is 15.2 Å². The minimum atomic E-state index is -3.72. The normalized spacial score (nSPS) is 11.8. The van der Waals surface area contributed by atoms with Gasteiger partial charge in [0.2, 0.25) is 10.0 Å². The zero-order valence-electron chi connectivity index (χ0n) is 13.2. The number of sulfonamides is 1. The Kier molecular flexibility index (Phi) is 4.77. The number of benzene rings is 1. The van der Waals surface area contributed by atoms with Gasteiger partial charge in [0.1, 0.15) is 15.0 Å². The van der Waals surface area contributed by atoms with Gasteiger partial charge >= 0.3 is 0 Å². The van der Waals surface area contributed by atoms with Crippen molar-refractivity contribution in [3.05, 3.63) is 45.0 Å². The maximum atomic E-state index is 11.5. The fourth-order valence-electron chi connectivity index (χ4n) is 2.24. The van der Waals surface area contributed by atoms with Crippen LogP contribution in [0.1, 0.15) is 27.6 Å². The molecule has 1 aromatic carbocycles. The van der Waals surface area contributed by atoms with Gasteiger partial charge in [0.25, 0.3) is 0 Å². The SMILES string of the molecule is CCc1nnc(Cc2nc(C)c(-c3cccc(S(N)(=O)=O)c3)s2)s1. The van der Waals surface area contributed by atoms with Crippen LogP contribution in [0.2, 0.25) is 0 Å². The summed E-state index contributed by atoms with van der Waals surface area (Å²) in [7, 11) is -3.72. The number of hydrogen-bond donors (Lipinski definition) is 1. The van der Waals surface area contributed by atoms with E-state index in [-0.39, 0.29) is 4.90 Å². The Hall–Kier alpha value is -1.68. The number of primary sulfonamides is 1. The molecule has 6 nitrogen and oxygen atoms in total. The highest BCUT2D eigenvalue weighted by Gasteiger charge is 2.15. The van der Waals surface area contributed by atoms with Gasteiger partial charge in [-0.3, -0.25) is 0 Å². The number of nitrogens with two attached hydrogens (primary N) is 1. The summed E-state index contributed by atoms with van der Waals surface area (Å²) in [5, 5.41) is 16.4. The van der Waals surface area contributed by atoms with Gasteiger partial charge in [-0.15, -0.1) is 32.9 Å². The predicted octanol–water partition coefficient (Wildman–Crippen LogP) is 2.77. The second-order valence-electron chi connectivity index (χ2n) is 5.21. The molecule has 9 heteroatoms. The van der Waals surface area contributed by atoms with E-state index in [1.807, 2.05) is 13.0 Å². The molecule has 0 atom stereocenters. The van der Waals surface area contributed by atoms with Gasteiger partial charge in [0.15, 0.2) is 0 Å². The molecule has 0 saturated carbocycles. The van der Waals surface area contributed by atoms with Crippen LogP contribution in [-0.2, 0) is 22.9 Å². The van der Waals surface area contributed by atoms with Gasteiger partial charge in [-0.1, -0.05) is 19.1 Å². The van der Waals surface area contributed by atoms with Crippen molar-refractivity contribution >= 4 is 32.7 Å². The third kappa shape index (κ3) is 3.69. The molecular weight excluding hydrogens is 364 g/mol. The van der Waals surface area contributed by atoms with Crippen molar-refractivity contribution in [1.29, 1.82) is 0 Å². The molecule has 0 fully saturated rings. The fraction of sp³-hybridized carbons (Fsp3) is 0.267. The molecule has 2 heterocycles. The zero-order chi connectivity index (χ0) is 17.3. The molecule has 0 aliphatic rings. The average molecular weight is 381 g/mol. The van der Waals surface area contributed by atoms with Crippen molar-refractivity contribution in [3.63, 3.8) is 0 Å². The molecule has 0 saturated heterocycles. The van der Waals surface area contributed by atoms with E-state index in [1.165, 1.54) is 17.4 Å². The molecule has 126 valence electrons. The lowest BCUT2D eigenvalue weighted by Gasteiger charge is -2.02. The molecule has 2 N–H and O–H groups in total. The molecule has 0 amide bonds. The van der Waals surface area contributed by atoms with Crippen LogP contribution < -0.4 is 5.14 Å². The topological polar surface area (TPSA) is 98.8 Å². The van der Waals surface area contributed by atoms with E-state index in [4.69, 9.17) is 5.14 Å². The summed E-state index contributed by atoms with van der Waals surface area (Å²) >= 11 is 3.13. The number of rotatable bonds is 5. The highest BCUT2D eigenvalue weighted by atomic mass is 32.2. The Labute approximate surface area is 148 Å². The molecule has 0 aliphatic heterocycles. The minimum absolute atomic E-state index is 0.103. The first kappa shape index (κ1) is 17.2. The van der Waals surface area contributed by atoms with Crippen molar-refractivity contribution in [2.24, 2.45) is 5.14 Å². The molecule has 24 heavy (non-hydrogen) atoms. The number of aromatic nitrogens is 3. The molecule has 3 rings (SSSR count). The summed E-state index contributed by atoms with van der Waals surface area (Å²) in [4.78, 5) is 5.63. The van der Waals surface area contributed by atoms with Crippen LogP contribution in [0.15, 0.2) is 29.2 Å². The summed E-state index contributed by atoms with van der Waals surface area (Å²) < 4.78 is 23.1. The van der Waals surface area contributed by atoms with Gasteiger partial charge in [-0.25, -0.2) is 18.5 Å². The van der Waals surface area contributed by atoms with E-state index in [2.05, 4.69) is 22.1 Å². The van der Waals surface area contributed by atoms with Gasteiger partial charge in [0.05, 0.1) is 21.9 Å². The van der Waals surface area contributed by atoms with Crippen LogP contribution >= 0.6 is 22.7 Å². The summed E-state index contributed by atoms with van der Waals surface area (Å²) in [5.41, 5.74) is 1.66. The Morgan fingerprint density at radius 3 is 2.54 bits per heavy atom. The molecule has 0 spiro atoms. The lowest BCUT2D eigenvalue weighted by Crippen LogP contribution is -2.11. The van der Waals surface area contributed by atoms with E-state index >= 15 is 0 Å². The summed E-state index contributed by atoms with van der Waals surface area (Å²) in [6.07, 6.45) is 1.51. The van der Waals surface area contributed by atoms with E-state index in [0.717, 1.165) is 37.6 Å². The Bertz CT molecular complexity index is 976. The van der Waals surface area contributed by atoms with Crippen molar-refractivity contribution in [2.45, 2.75) is 31.6 Å². The van der Waals surface area contributed by atoms with E-state index in [9.17, 15) is 8.42 Å². The van der Waals surface area contributed by atoms with E-state index < -0.39 is 10.0 Å². The van der Waals surface area contributed by atoms with Crippen LogP contribution in [-0.4, -0.2) is 23.6 Å². The zero-order valence-corrected chi connectivity index (χ0v) is 15.6. The first-order chi connectivity index (χ1) is 11.4. The van der Waals surface area contributed by atoms with Crippen molar-refractivity contribution < 1.29 is 8.42 Å². The predicted molar refractivity (Wildman–Crippen MR) is 95.8 cm³/mol. The Balaban J connectivity index is 1.91. The Morgan fingerprint density at radius 2 is 1.88 bits per heavy atom. The van der Waals surface area contributed by atoms with Gasteiger partial charge in [0, 0.05) is 0 Å². The van der Waals surface area contributed by atoms with E-state index in [0.29, 0.717) is 6.42 Å². The second kappa shape index (κ2) is 6.67. The lowest BCUT2D eigenvalue weighted by atomic mass is 10.2. The third-order valence-corrected chi connectivity index (χ3v) is 6.56. The highest BCUT2D eigenvalue weighted by Crippen LogP contribution is 2.32. The average Bonchev–Trinajstić information content (AvgIpc) is 3.13. The highest BCUT2D eigenvalue weighted by molar-refractivity contribution is 7.89. The molecule has 0 radical (unpaired) electrons. The van der Waals surface area contributed by atoms with Crippen molar-refractivity contribution in [2.75, 3.05) is 0 Å². The van der Waals surface area contributed by atoms with Crippen LogP contribution in [0, 0.1) is 6.92 Å². The molecule has 3 aromatic rings. The minimum Gasteiger partial charge on any atom is -0.245 e. The summed E-state index contributed by atoms with van der Waals surface area (Å²) in [6, 6.07) is 6.62. The van der Waals surface area contributed by atoms with Crippen molar-refractivity contribution in [3.8, 4) is 10.4 Å². The number of hydrogen-bond acceptors (Lipinski definition) is 7. The quantitative estimate of drug-likeness (QED) is 0.734. The van der Waals surface area contributed by atoms with Gasteiger partial charge in [-0.2, -0.15) is 0 Å². The summed E-state index contributed by atoms with van der Waals surface area (Å²) in [6.45, 7) is 3.96. The second-order valence-corrected chi connectivity index (χ2v) is 9.01. The van der Waals surface area contributed by atoms with E-state index in [1.54, 1.807) is 23.5 Å². The van der Waals surface area contributed by atoms with Gasteiger partial charge in [-0.05, 0) is 31.0 Å². The molecule has 0 bridgehead atoms. The van der Waals surface area contributed by atoms with Gasteiger partial charge < -0.3 is 0 Å². The number of nitrogens with zero attached hydrogens (tertiary/aromatic N) is 3. The molecular formula is C15H16N4O2S3. The fourth-order valence-corrected chi connectivity index (χ4v) is 4.75. The lowest BCUT2D eigenvalue weighted by molar-refractivity contribution is 0.598. The Morgan fingerprint density at radius 1 is 1.12 bits per heavy atom. The van der Waals surface area contributed by atoms with Crippen LogP contribution in [0.4, 0.5) is 0 Å². The third-order valence-electron chi connectivity index (χ3n) is 3.38. The monoisotopic (exact) mass is 380 g/mol.